The zero-order chi connectivity index (χ0) is 15.0. The highest BCUT2D eigenvalue weighted by atomic mass is 79.9. The second kappa shape index (κ2) is 5.48. The molecule has 1 aliphatic rings. The Bertz CT molecular complexity index is 618. The minimum absolute atomic E-state index is 0.447. The minimum atomic E-state index is 0.447. The van der Waals surface area contributed by atoms with Crippen molar-refractivity contribution in [3.63, 3.8) is 0 Å². The van der Waals surface area contributed by atoms with Gasteiger partial charge in [0.25, 0.3) is 0 Å². The summed E-state index contributed by atoms with van der Waals surface area (Å²) in [6, 6.07) is 10.6. The first kappa shape index (κ1) is 14.6. The summed E-state index contributed by atoms with van der Waals surface area (Å²) in [7, 11) is 0. The van der Waals surface area contributed by atoms with Gasteiger partial charge < -0.3 is 5.73 Å². The molecule has 2 aromatic rings. The highest BCUT2D eigenvalue weighted by Gasteiger charge is 2.29. The maximum atomic E-state index is 6.20. The Morgan fingerprint density at radius 3 is 2.43 bits per heavy atom. The smallest absolute Gasteiger partial charge is 0.122 e. The third-order valence-electron chi connectivity index (χ3n) is 4.56. The van der Waals surface area contributed by atoms with Crippen molar-refractivity contribution >= 4 is 21.7 Å². The van der Waals surface area contributed by atoms with Gasteiger partial charge in [-0.25, -0.2) is 4.68 Å². The van der Waals surface area contributed by atoms with E-state index in [1.54, 1.807) is 0 Å². The highest BCUT2D eigenvalue weighted by Crippen LogP contribution is 2.41. The monoisotopic (exact) mass is 347 g/mol. The predicted molar refractivity (Wildman–Crippen MR) is 91.1 cm³/mol. The lowest BCUT2D eigenvalue weighted by Crippen LogP contribution is -2.24. The highest BCUT2D eigenvalue weighted by molar-refractivity contribution is 9.10. The van der Waals surface area contributed by atoms with Crippen molar-refractivity contribution in [2.45, 2.75) is 45.6 Å². The van der Waals surface area contributed by atoms with E-state index in [1.165, 1.54) is 25.7 Å². The van der Waals surface area contributed by atoms with Gasteiger partial charge in [0.15, 0.2) is 0 Å². The summed E-state index contributed by atoms with van der Waals surface area (Å²) < 4.78 is 3.11. The molecule has 112 valence electrons. The van der Waals surface area contributed by atoms with E-state index in [0.29, 0.717) is 11.5 Å². The fourth-order valence-corrected chi connectivity index (χ4v) is 3.36. The molecule has 0 spiro atoms. The Labute approximate surface area is 134 Å². The summed E-state index contributed by atoms with van der Waals surface area (Å²) >= 11 is 3.46. The maximum Gasteiger partial charge on any atom is 0.122 e. The molecule has 1 heterocycles. The number of aromatic nitrogens is 2. The summed E-state index contributed by atoms with van der Waals surface area (Å²) in [5.74, 6) is 0.776. The van der Waals surface area contributed by atoms with Gasteiger partial charge in [0.05, 0.1) is 11.7 Å². The molecule has 1 aliphatic carbocycles. The number of hydrogen-bond acceptors (Lipinski definition) is 2. The van der Waals surface area contributed by atoms with Gasteiger partial charge >= 0.3 is 0 Å². The van der Waals surface area contributed by atoms with Crippen LogP contribution in [0.5, 0.6) is 0 Å². The summed E-state index contributed by atoms with van der Waals surface area (Å²) in [4.78, 5) is 0. The van der Waals surface area contributed by atoms with Gasteiger partial charge in [-0.15, -0.1) is 0 Å². The summed E-state index contributed by atoms with van der Waals surface area (Å²) in [6.45, 7) is 4.70. The van der Waals surface area contributed by atoms with Crippen LogP contribution in [0.1, 0.15) is 45.6 Å². The molecular weight excluding hydrogens is 326 g/mol. The third kappa shape index (κ3) is 3.15. The molecule has 0 radical (unpaired) electrons. The van der Waals surface area contributed by atoms with E-state index in [1.807, 2.05) is 22.9 Å². The van der Waals surface area contributed by atoms with Crippen molar-refractivity contribution in [1.82, 2.24) is 9.78 Å². The Morgan fingerprint density at radius 1 is 1.19 bits per heavy atom. The molecule has 3 nitrogen and oxygen atoms in total. The molecule has 0 amide bonds. The second-order valence-electron chi connectivity index (χ2n) is 6.80. The van der Waals surface area contributed by atoms with Crippen LogP contribution in [0.15, 0.2) is 34.8 Å². The molecule has 3 rings (SSSR count). The molecular formula is C17H22BrN3. The molecule has 21 heavy (non-hydrogen) atoms. The summed E-state index contributed by atoms with van der Waals surface area (Å²) in [5.41, 5.74) is 8.74. The van der Waals surface area contributed by atoms with Crippen LogP contribution in [0.25, 0.3) is 11.3 Å². The summed E-state index contributed by atoms with van der Waals surface area (Å²) in [6.07, 6.45) is 4.81. The number of hydrogen-bond donors (Lipinski definition) is 1. The Balaban J connectivity index is 1.83. The van der Waals surface area contributed by atoms with Crippen LogP contribution in [0.2, 0.25) is 0 Å². The largest absolute Gasteiger partial charge is 0.384 e. The molecule has 1 aromatic carbocycles. The molecule has 2 N–H and O–H groups in total. The lowest BCUT2D eigenvalue weighted by atomic mass is 9.75. The number of nitrogens with zero attached hydrogens (tertiary/aromatic N) is 2. The van der Waals surface area contributed by atoms with Gasteiger partial charge in [-0.2, -0.15) is 5.10 Å². The summed E-state index contributed by atoms with van der Waals surface area (Å²) in [5, 5.41) is 4.76. The average molecular weight is 348 g/mol. The lowest BCUT2D eigenvalue weighted by molar-refractivity contribution is 0.187. The van der Waals surface area contributed by atoms with E-state index < -0.39 is 0 Å². The van der Waals surface area contributed by atoms with E-state index in [2.05, 4.69) is 41.9 Å². The fraction of sp³-hybridized carbons (Fsp3) is 0.471. The van der Waals surface area contributed by atoms with Gasteiger partial charge in [0.2, 0.25) is 0 Å². The van der Waals surface area contributed by atoms with Gasteiger partial charge in [-0.3, -0.25) is 0 Å². The number of nitrogens with two attached hydrogens (primary N) is 1. The lowest BCUT2D eigenvalue weighted by Gasteiger charge is -2.34. The molecule has 0 atom stereocenters. The van der Waals surface area contributed by atoms with E-state index >= 15 is 0 Å². The quantitative estimate of drug-likeness (QED) is 0.827. The van der Waals surface area contributed by atoms with Crippen molar-refractivity contribution in [3.8, 4) is 11.3 Å². The first-order valence-electron chi connectivity index (χ1n) is 7.56. The Morgan fingerprint density at radius 2 is 1.81 bits per heavy atom. The zero-order valence-corrected chi connectivity index (χ0v) is 14.2. The normalized spacial score (nSPS) is 18.8. The molecule has 0 unspecified atom stereocenters. The van der Waals surface area contributed by atoms with Crippen molar-refractivity contribution in [1.29, 1.82) is 0 Å². The van der Waals surface area contributed by atoms with Crippen LogP contribution in [0, 0.1) is 5.41 Å². The van der Waals surface area contributed by atoms with E-state index in [0.717, 1.165) is 21.5 Å². The Hall–Kier alpha value is -1.29. The van der Waals surface area contributed by atoms with Gasteiger partial charge in [-0.1, -0.05) is 41.9 Å². The van der Waals surface area contributed by atoms with Crippen LogP contribution in [-0.2, 0) is 0 Å². The third-order valence-corrected chi connectivity index (χ3v) is 5.09. The zero-order valence-electron chi connectivity index (χ0n) is 12.6. The van der Waals surface area contributed by atoms with Crippen LogP contribution in [0.3, 0.4) is 0 Å². The molecule has 0 bridgehead atoms. The molecule has 1 aromatic heterocycles. The van der Waals surface area contributed by atoms with Crippen LogP contribution < -0.4 is 5.73 Å². The molecule has 1 fully saturated rings. The fourth-order valence-electron chi connectivity index (χ4n) is 3.09. The van der Waals surface area contributed by atoms with Gasteiger partial charge in [-0.05, 0) is 43.2 Å². The van der Waals surface area contributed by atoms with Crippen LogP contribution in [0.4, 0.5) is 5.82 Å². The topological polar surface area (TPSA) is 43.8 Å². The van der Waals surface area contributed by atoms with E-state index in [4.69, 9.17) is 10.8 Å². The minimum Gasteiger partial charge on any atom is -0.384 e. The van der Waals surface area contributed by atoms with Crippen molar-refractivity contribution < 1.29 is 0 Å². The number of rotatable bonds is 2. The van der Waals surface area contributed by atoms with E-state index in [-0.39, 0.29) is 0 Å². The predicted octanol–water partition coefficient (Wildman–Crippen LogP) is 5.04. The van der Waals surface area contributed by atoms with Crippen LogP contribution in [-0.4, -0.2) is 9.78 Å². The number of halogens is 1. The first-order chi connectivity index (χ1) is 9.94. The van der Waals surface area contributed by atoms with Crippen molar-refractivity contribution in [3.05, 3.63) is 34.8 Å². The van der Waals surface area contributed by atoms with Crippen molar-refractivity contribution in [2.75, 3.05) is 5.73 Å². The molecule has 1 saturated carbocycles. The van der Waals surface area contributed by atoms with Gasteiger partial charge in [0, 0.05) is 16.1 Å². The Kier molecular flexibility index (Phi) is 3.82. The number of benzene rings is 1. The van der Waals surface area contributed by atoms with Gasteiger partial charge in [0.1, 0.15) is 5.82 Å². The maximum absolute atomic E-state index is 6.20. The van der Waals surface area contributed by atoms with Crippen molar-refractivity contribution in [2.24, 2.45) is 5.41 Å². The molecule has 4 heteroatoms. The molecule has 0 aliphatic heterocycles. The number of anilines is 1. The second-order valence-corrected chi connectivity index (χ2v) is 7.72. The van der Waals surface area contributed by atoms with Crippen LogP contribution >= 0.6 is 15.9 Å². The van der Waals surface area contributed by atoms with E-state index in [9.17, 15) is 0 Å². The number of nitrogen functional groups attached to an aromatic ring is 1. The first-order valence-corrected chi connectivity index (χ1v) is 8.35. The standard InChI is InChI=1S/C17H22BrN3/c1-17(2)9-7-14(8-10-17)21-16(19)11-15(20-21)12-3-5-13(18)6-4-12/h3-6,11,14H,7-10,19H2,1-2H3. The SMILES string of the molecule is CC1(C)CCC(n2nc(-c3ccc(Br)cc3)cc2N)CC1. The molecule has 0 saturated heterocycles. The average Bonchev–Trinajstić information content (AvgIpc) is 2.82.